The number of rotatable bonds is 1. The molecule has 0 atom stereocenters. The van der Waals surface area contributed by atoms with Crippen molar-refractivity contribution in [3.63, 3.8) is 0 Å². The van der Waals surface area contributed by atoms with Crippen LogP contribution in [0.15, 0.2) is 30.6 Å². The first-order chi connectivity index (χ1) is 7.72. The van der Waals surface area contributed by atoms with Crippen LogP contribution in [0.3, 0.4) is 0 Å². The van der Waals surface area contributed by atoms with Crippen LogP contribution in [-0.4, -0.2) is 14.8 Å². The Balaban J connectivity index is 2.17. The monoisotopic (exact) mass is 230 g/mol. The number of aryl methyl sites for hydroxylation is 1. The molecular weight excluding hydrogens is 220 g/mol. The smallest absolute Gasteiger partial charge is 0.180 e. The second-order valence-electron chi connectivity index (χ2n) is 3.64. The predicted molar refractivity (Wildman–Crippen MR) is 66.2 cm³/mol. The number of thiazole rings is 1. The van der Waals surface area contributed by atoms with E-state index in [1.165, 1.54) is 11.3 Å². The summed E-state index contributed by atoms with van der Waals surface area (Å²) in [6, 6.07) is 6.16. The van der Waals surface area contributed by atoms with Crippen LogP contribution in [-0.2, 0) is 7.05 Å². The molecule has 3 rings (SSSR count). The van der Waals surface area contributed by atoms with E-state index in [-0.39, 0.29) is 0 Å². The molecule has 0 aliphatic carbocycles. The van der Waals surface area contributed by atoms with E-state index in [0.29, 0.717) is 5.13 Å². The van der Waals surface area contributed by atoms with Crippen LogP contribution in [0.25, 0.3) is 21.3 Å². The van der Waals surface area contributed by atoms with E-state index in [9.17, 15) is 0 Å². The Kier molecular flexibility index (Phi) is 1.94. The van der Waals surface area contributed by atoms with Gasteiger partial charge in [-0.05, 0) is 17.7 Å². The molecule has 2 N–H and O–H groups in total. The Morgan fingerprint density at radius 3 is 3.00 bits per heavy atom. The van der Waals surface area contributed by atoms with Gasteiger partial charge in [0.2, 0.25) is 0 Å². The van der Waals surface area contributed by atoms with Gasteiger partial charge in [-0.15, -0.1) is 0 Å². The van der Waals surface area contributed by atoms with Crippen molar-refractivity contribution in [1.82, 2.24) is 14.8 Å². The average Bonchev–Trinajstić information content (AvgIpc) is 2.81. The first kappa shape index (κ1) is 9.35. The lowest BCUT2D eigenvalue weighted by atomic mass is 10.1. The molecule has 4 nitrogen and oxygen atoms in total. The van der Waals surface area contributed by atoms with Gasteiger partial charge in [0.05, 0.1) is 10.4 Å². The number of nitrogens with zero attached hydrogens (tertiary/aromatic N) is 3. The highest BCUT2D eigenvalue weighted by Crippen LogP contribution is 2.29. The maximum Gasteiger partial charge on any atom is 0.180 e. The fourth-order valence-electron chi connectivity index (χ4n) is 1.72. The Labute approximate surface area is 96.3 Å². The first-order valence-corrected chi connectivity index (χ1v) is 5.69. The molecule has 0 unspecified atom stereocenters. The molecule has 3 aromatic rings. The summed E-state index contributed by atoms with van der Waals surface area (Å²) in [5.41, 5.74) is 7.76. The Bertz CT molecular complexity index is 653. The maximum atomic E-state index is 5.62. The van der Waals surface area contributed by atoms with E-state index < -0.39 is 0 Å². The van der Waals surface area contributed by atoms with E-state index in [2.05, 4.69) is 16.1 Å². The topological polar surface area (TPSA) is 56.7 Å². The van der Waals surface area contributed by atoms with Crippen LogP contribution in [0.2, 0.25) is 0 Å². The number of hydrogen-bond donors (Lipinski definition) is 1. The second kappa shape index (κ2) is 3.31. The minimum Gasteiger partial charge on any atom is -0.375 e. The minimum absolute atomic E-state index is 0.598. The van der Waals surface area contributed by atoms with Gasteiger partial charge < -0.3 is 5.73 Å². The zero-order valence-corrected chi connectivity index (χ0v) is 9.53. The molecule has 0 amide bonds. The summed E-state index contributed by atoms with van der Waals surface area (Å²) in [6.45, 7) is 0. The Morgan fingerprint density at radius 1 is 1.38 bits per heavy atom. The van der Waals surface area contributed by atoms with Crippen molar-refractivity contribution in [2.45, 2.75) is 0 Å². The van der Waals surface area contributed by atoms with Gasteiger partial charge in [-0.2, -0.15) is 5.10 Å². The third kappa shape index (κ3) is 1.45. The molecule has 16 heavy (non-hydrogen) atoms. The molecule has 0 bridgehead atoms. The van der Waals surface area contributed by atoms with Crippen LogP contribution in [0.5, 0.6) is 0 Å². The standard InChI is InChI=1S/C11H10N4S/c1-15-6-8-4-7(2-3-9(8)14-15)10-5-13-11(12)16-10/h2-6H,1H3,(H2,12,13). The van der Waals surface area contributed by atoms with Crippen molar-refractivity contribution in [1.29, 1.82) is 0 Å². The Hall–Kier alpha value is -1.88. The van der Waals surface area contributed by atoms with E-state index in [1.807, 2.05) is 30.1 Å². The van der Waals surface area contributed by atoms with Crippen LogP contribution in [0.4, 0.5) is 5.13 Å². The van der Waals surface area contributed by atoms with Crippen molar-refractivity contribution in [3.05, 3.63) is 30.6 Å². The van der Waals surface area contributed by atoms with E-state index in [1.54, 1.807) is 6.20 Å². The van der Waals surface area contributed by atoms with Gasteiger partial charge in [0, 0.05) is 24.8 Å². The van der Waals surface area contributed by atoms with E-state index >= 15 is 0 Å². The molecule has 2 heterocycles. The molecule has 0 saturated carbocycles. The van der Waals surface area contributed by atoms with Gasteiger partial charge in [0.15, 0.2) is 5.13 Å². The number of nitrogen functional groups attached to an aromatic ring is 1. The molecule has 5 heteroatoms. The number of benzene rings is 1. The third-order valence-electron chi connectivity index (χ3n) is 2.43. The average molecular weight is 230 g/mol. The summed E-state index contributed by atoms with van der Waals surface area (Å²) in [5.74, 6) is 0. The molecule has 80 valence electrons. The summed E-state index contributed by atoms with van der Waals surface area (Å²) >= 11 is 1.50. The molecule has 0 aliphatic heterocycles. The molecule has 0 saturated heterocycles. The molecule has 0 fully saturated rings. The van der Waals surface area contributed by atoms with Crippen molar-refractivity contribution in [2.24, 2.45) is 7.05 Å². The van der Waals surface area contributed by atoms with E-state index in [4.69, 9.17) is 5.73 Å². The van der Waals surface area contributed by atoms with Crippen molar-refractivity contribution in [2.75, 3.05) is 5.73 Å². The van der Waals surface area contributed by atoms with Gasteiger partial charge in [0.25, 0.3) is 0 Å². The van der Waals surface area contributed by atoms with Crippen molar-refractivity contribution >= 4 is 27.4 Å². The van der Waals surface area contributed by atoms with Gasteiger partial charge in [0.1, 0.15) is 0 Å². The molecule has 0 spiro atoms. The SMILES string of the molecule is Cn1cc2cc(-c3cnc(N)s3)ccc2n1. The lowest BCUT2D eigenvalue weighted by Gasteiger charge is -1.95. The summed E-state index contributed by atoms with van der Waals surface area (Å²) in [6.07, 6.45) is 3.81. The zero-order valence-electron chi connectivity index (χ0n) is 8.71. The van der Waals surface area contributed by atoms with E-state index in [0.717, 1.165) is 21.3 Å². The highest BCUT2D eigenvalue weighted by atomic mass is 32.1. The first-order valence-electron chi connectivity index (χ1n) is 4.87. The number of nitrogens with two attached hydrogens (primary N) is 1. The number of hydrogen-bond acceptors (Lipinski definition) is 4. The second-order valence-corrected chi connectivity index (χ2v) is 4.70. The normalized spacial score (nSPS) is 11.1. The van der Waals surface area contributed by atoms with Gasteiger partial charge in [-0.25, -0.2) is 4.98 Å². The number of anilines is 1. The quantitative estimate of drug-likeness (QED) is 0.697. The minimum atomic E-state index is 0.598. The number of fused-ring (bicyclic) bond motifs is 1. The van der Waals surface area contributed by atoms with Gasteiger partial charge >= 0.3 is 0 Å². The Morgan fingerprint density at radius 2 is 2.25 bits per heavy atom. The van der Waals surface area contributed by atoms with Crippen molar-refractivity contribution < 1.29 is 0 Å². The molecule has 0 radical (unpaired) electrons. The zero-order chi connectivity index (χ0) is 11.1. The largest absolute Gasteiger partial charge is 0.375 e. The van der Waals surface area contributed by atoms with Crippen LogP contribution < -0.4 is 5.73 Å². The predicted octanol–water partition coefficient (Wildman–Crippen LogP) is 2.28. The lowest BCUT2D eigenvalue weighted by molar-refractivity contribution is 0.780. The van der Waals surface area contributed by atoms with Crippen molar-refractivity contribution in [3.8, 4) is 10.4 Å². The lowest BCUT2D eigenvalue weighted by Crippen LogP contribution is -1.84. The summed E-state index contributed by atoms with van der Waals surface area (Å²) in [7, 11) is 1.92. The fraction of sp³-hybridized carbons (Fsp3) is 0.0909. The van der Waals surface area contributed by atoms with Crippen LogP contribution in [0.1, 0.15) is 0 Å². The fourth-order valence-corrected chi connectivity index (χ4v) is 2.40. The molecular formula is C11H10N4S. The molecule has 2 aromatic heterocycles. The van der Waals surface area contributed by atoms with Crippen LogP contribution >= 0.6 is 11.3 Å². The third-order valence-corrected chi connectivity index (χ3v) is 3.30. The maximum absolute atomic E-state index is 5.62. The van der Waals surface area contributed by atoms with Gasteiger partial charge in [-0.1, -0.05) is 17.4 Å². The highest BCUT2D eigenvalue weighted by molar-refractivity contribution is 7.18. The van der Waals surface area contributed by atoms with Crippen LogP contribution in [0, 0.1) is 0 Å². The summed E-state index contributed by atoms with van der Waals surface area (Å²) in [4.78, 5) is 5.14. The summed E-state index contributed by atoms with van der Waals surface area (Å²) in [5, 5.41) is 6.06. The molecule has 1 aromatic carbocycles. The van der Waals surface area contributed by atoms with Gasteiger partial charge in [-0.3, -0.25) is 4.68 Å². The molecule has 0 aliphatic rings. The summed E-state index contributed by atoms with van der Waals surface area (Å²) < 4.78 is 1.81. The highest BCUT2D eigenvalue weighted by Gasteiger charge is 2.04. The number of aromatic nitrogens is 3.